The molecule has 6 nitrogen and oxygen atoms in total. The Morgan fingerprint density at radius 1 is 1.33 bits per heavy atom. The van der Waals surface area contributed by atoms with Gasteiger partial charge in [0.2, 0.25) is 0 Å². The van der Waals surface area contributed by atoms with Crippen molar-refractivity contribution in [3.05, 3.63) is 39.5 Å². The molecule has 0 saturated heterocycles. The van der Waals surface area contributed by atoms with Crippen molar-refractivity contribution in [3.63, 3.8) is 0 Å². The van der Waals surface area contributed by atoms with Crippen LogP contribution in [0.1, 0.15) is 20.8 Å². The predicted octanol–water partition coefficient (Wildman–Crippen LogP) is 4.41. The number of thiophene rings is 1. The summed E-state index contributed by atoms with van der Waals surface area (Å²) in [7, 11) is 1.41. The molecular formula is C16H14ClN3O3S. The van der Waals surface area contributed by atoms with Crippen LogP contribution in [0.4, 0.5) is 11.5 Å². The lowest BCUT2D eigenvalue weighted by Gasteiger charge is -2.12. The number of carboxylic acids is 1. The summed E-state index contributed by atoms with van der Waals surface area (Å²) in [5, 5.41) is 13.6. The summed E-state index contributed by atoms with van der Waals surface area (Å²) in [5.41, 5.74) is 1.62. The van der Waals surface area contributed by atoms with Crippen LogP contribution in [0.5, 0.6) is 5.75 Å². The van der Waals surface area contributed by atoms with Gasteiger partial charge in [0.1, 0.15) is 28.3 Å². The third-order valence-corrected chi connectivity index (χ3v) is 5.17. The number of hydrogen-bond acceptors (Lipinski definition) is 6. The van der Waals surface area contributed by atoms with Gasteiger partial charge in [-0.05, 0) is 25.5 Å². The molecule has 0 fully saturated rings. The van der Waals surface area contributed by atoms with Gasteiger partial charge >= 0.3 is 5.97 Å². The molecule has 0 radical (unpaired) electrons. The molecule has 0 aliphatic rings. The highest BCUT2D eigenvalue weighted by Gasteiger charge is 2.17. The molecule has 0 aliphatic heterocycles. The number of aryl methyl sites for hydroxylation is 2. The highest BCUT2D eigenvalue weighted by Crippen LogP contribution is 2.37. The summed E-state index contributed by atoms with van der Waals surface area (Å²) in [5.74, 6) is -0.263. The maximum absolute atomic E-state index is 11.2. The number of ether oxygens (including phenoxy) is 1. The zero-order chi connectivity index (χ0) is 17.4. The topological polar surface area (TPSA) is 84.3 Å². The molecule has 0 spiro atoms. The molecule has 0 atom stereocenters. The van der Waals surface area contributed by atoms with E-state index in [0.717, 1.165) is 15.8 Å². The number of carboxylic acid groups (broad SMARTS) is 1. The lowest BCUT2D eigenvalue weighted by atomic mass is 10.1. The lowest BCUT2D eigenvalue weighted by Crippen LogP contribution is -2.03. The predicted molar refractivity (Wildman–Crippen MR) is 95.1 cm³/mol. The average Bonchev–Trinajstić information content (AvgIpc) is 2.84. The van der Waals surface area contributed by atoms with E-state index in [2.05, 4.69) is 15.3 Å². The number of nitrogens with zero attached hydrogens (tertiary/aromatic N) is 2. The van der Waals surface area contributed by atoms with Crippen LogP contribution in [0.3, 0.4) is 0 Å². The summed E-state index contributed by atoms with van der Waals surface area (Å²) >= 11 is 7.82. The summed E-state index contributed by atoms with van der Waals surface area (Å²) in [6.07, 6.45) is 1.48. The molecule has 3 aromatic rings. The van der Waals surface area contributed by atoms with Crippen LogP contribution >= 0.6 is 22.9 Å². The molecule has 0 aliphatic carbocycles. The van der Waals surface area contributed by atoms with Crippen LogP contribution in [0.2, 0.25) is 5.02 Å². The minimum absolute atomic E-state index is 0.00319. The van der Waals surface area contributed by atoms with Gasteiger partial charge in [-0.15, -0.1) is 11.3 Å². The minimum Gasteiger partial charge on any atom is -0.496 e. The first-order valence-electron chi connectivity index (χ1n) is 7.01. The number of rotatable bonds is 4. The van der Waals surface area contributed by atoms with Gasteiger partial charge in [-0.1, -0.05) is 11.6 Å². The van der Waals surface area contributed by atoms with E-state index in [-0.39, 0.29) is 16.3 Å². The second kappa shape index (κ2) is 6.26. The van der Waals surface area contributed by atoms with Crippen LogP contribution in [0, 0.1) is 13.8 Å². The molecule has 2 aromatic heterocycles. The summed E-state index contributed by atoms with van der Waals surface area (Å²) < 4.78 is 5.15. The Morgan fingerprint density at radius 2 is 2.08 bits per heavy atom. The van der Waals surface area contributed by atoms with E-state index in [1.54, 1.807) is 17.4 Å². The van der Waals surface area contributed by atoms with Crippen molar-refractivity contribution in [2.45, 2.75) is 13.8 Å². The first-order chi connectivity index (χ1) is 11.4. The lowest BCUT2D eigenvalue weighted by molar-refractivity contribution is 0.0693. The normalized spacial score (nSPS) is 10.8. The Hall–Kier alpha value is -2.38. The monoisotopic (exact) mass is 363 g/mol. The number of anilines is 2. The molecule has 0 saturated carbocycles. The van der Waals surface area contributed by atoms with Gasteiger partial charge in [0, 0.05) is 10.9 Å². The van der Waals surface area contributed by atoms with E-state index < -0.39 is 5.97 Å². The third-order valence-electron chi connectivity index (χ3n) is 3.74. The molecule has 8 heteroatoms. The van der Waals surface area contributed by atoms with Gasteiger partial charge in [0.25, 0.3) is 0 Å². The fourth-order valence-corrected chi connectivity index (χ4v) is 3.60. The van der Waals surface area contributed by atoms with E-state index in [0.29, 0.717) is 11.5 Å². The van der Waals surface area contributed by atoms with Gasteiger partial charge in [-0.25, -0.2) is 14.8 Å². The molecule has 2 N–H and O–H groups in total. The number of methoxy groups -OCH3 is 1. The number of aromatic nitrogens is 2. The van der Waals surface area contributed by atoms with Gasteiger partial charge < -0.3 is 15.2 Å². The second-order valence-electron chi connectivity index (χ2n) is 5.15. The SMILES string of the molecule is COc1cc(Nc2ncnc3sc(C)c(C)c23)c(Cl)cc1C(=O)O. The maximum atomic E-state index is 11.2. The molecule has 0 amide bonds. The van der Waals surface area contributed by atoms with E-state index >= 15 is 0 Å². The van der Waals surface area contributed by atoms with Gasteiger partial charge in [-0.3, -0.25) is 0 Å². The average molecular weight is 364 g/mol. The fourth-order valence-electron chi connectivity index (χ4n) is 2.39. The molecule has 1 aromatic carbocycles. The Morgan fingerprint density at radius 3 is 2.75 bits per heavy atom. The van der Waals surface area contributed by atoms with Crippen LogP contribution in [0.15, 0.2) is 18.5 Å². The number of nitrogens with one attached hydrogen (secondary N) is 1. The van der Waals surface area contributed by atoms with E-state index in [1.807, 2.05) is 13.8 Å². The first kappa shape index (κ1) is 16.5. The molecular weight excluding hydrogens is 350 g/mol. The number of fused-ring (bicyclic) bond motifs is 1. The van der Waals surface area contributed by atoms with Crippen molar-refractivity contribution in [1.29, 1.82) is 0 Å². The van der Waals surface area contributed by atoms with Crippen molar-refractivity contribution in [2.24, 2.45) is 0 Å². The number of hydrogen-bond donors (Lipinski definition) is 2. The van der Waals surface area contributed by atoms with Crippen molar-refractivity contribution in [2.75, 3.05) is 12.4 Å². The number of halogens is 1. The van der Waals surface area contributed by atoms with Crippen molar-refractivity contribution in [3.8, 4) is 5.75 Å². The number of carbonyl (C=O) groups is 1. The molecule has 24 heavy (non-hydrogen) atoms. The summed E-state index contributed by atoms with van der Waals surface area (Å²) in [6.45, 7) is 4.04. The number of benzene rings is 1. The zero-order valence-corrected chi connectivity index (χ0v) is 14.7. The molecule has 0 unspecified atom stereocenters. The Balaban J connectivity index is 2.11. The van der Waals surface area contributed by atoms with Crippen LogP contribution < -0.4 is 10.1 Å². The smallest absolute Gasteiger partial charge is 0.339 e. The van der Waals surface area contributed by atoms with E-state index in [9.17, 15) is 9.90 Å². The number of aromatic carboxylic acids is 1. The zero-order valence-electron chi connectivity index (χ0n) is 13.2. The van der Waals surface area contributed by atoms with Crippen LogP contribution in [0.25, 0.3) is 10.2 Å². The standard InChI is InChI=1S/C16H14ClN3O3S/c1-7-8(2)24-15-13(7)14(18-6-19-15)20-11-5-12(23-3)9(16(21)22)4-10(11)17/h4-6H,1-3H3,(H,21,22)(H,18,19,20). The van der Waals surface area contributed by atoms with E-state index in [1.165, 1.54) is 24.4 Å². The Bertz CT molecular complexity index is 955. The summed E-state index contributed by atoms with van der Waals surface area (Å²) in [4.78, 5) is 21.9. The highest BCUT2D eigenvalue weighted by atomic mass is 35.5. The van der Waals surface area contributed by atoms with Crippen LogP contribution in [-0.2, 0) is 0 Å². The van der Waals surface area contributed by atoms with Gasteiger partial charge in [-0.2, -0.15) is 0 Å². The summed E-state index contributed by atoms with van der Waals surface area (Å²) in [6, 6.07) is 2.91. The quantitative estimate of drug-likeness (QED) is 0.714. The highest BCUT2D eigenvalue weighted by molar-refractivity contribution is 7.18. The molecule has 124 valence electrons. The molecule has 3 rings (SSSR count). The molecule has 2 heterocycles. The Kier molecular flexibility index (Phi) is 4.29. The Labute approximate surface area is 147 Å². The largest absolute Gasteiger partial charge is 0.496 e. The minimum atomic E-state index is -1.10. The third kappa shape index (κ3) is 2.76. The second-order valence-corrected chi connectivity index (χ2v) is 6.76. The first-order valence-corrected chi connectivity index (χ1v) is 8.20. The van der Waals surface area contributed by atoms with Gasteiger partial charge in [0.05, 0.1) is 23.2 Å². The fraction of sp³-hybridized carbons (Fsp3) is 0.188. The van der Waals surface area contributed by atoms with E-state index in [4.69, 9.17) is 16.3 Å². The maximum Gasteiger partial charge on any atom is 0.339 e. The van der Waals surface area contributed by atoms with Crippen molar-refractivity contribution >= 4 is 50.6 Å². The van der Waals surface area contributed by atoms with Crippen LogP contribution in [-0.4, -0.2) is 28.2 Å². The van der Waals surface area contributed by atoms with Gasteiger partial charge in [0.15, 0.2) is 0 Å². The molecule has 0 bridgehead atoms. The van der Waals surface area contributed by atoms with Crippen molar-refractivity contribution < 1.29 is 14.6 Å². The van der Waals surface area contributed by atoms with Crippen molar-refractivity contribution in [1.82, 2.24) is 9.97 Å².